The van der Waals surface area contributed by atoms with Gasteiger partial charge >= 0.3 is 0 Å². The molecular weight excluding hydrogens is 254 g/mol. The molecule has 0 amide bonds. The van der Waals surface area contributed by atoms with Gasteiger partial charge < -0.3 is 10.9 Å². The van der Waals surface area contributed by atoms with Crippen LogP contribution in [0.2, 0.25) is 0 Å². The van der Waals surface area contributed by atoms with Gasteiger partial charge in [-0.2, -0.15) is 4.31 Å². The van der Waals surface area contributed by atoms with Crippen LogP contribution in [-0.4, -0.2) is 41.6 Å². The van der Waals surface area contributed by atoms with E-state index < -0.39 is 16.1 Å². The molecule has 1 aliphatic carbocycles. The highest BCUT2D eigenvalue weighted by Gasteiger charge is 2.41. The van der Waals surface area contributed by atoms with Gasteiger partial charge in [0.05, 0.1) is 11.3 Å². The minimum absolute atomic E-state index is 0.00637. The Morgan fingerprint density at radius 2 is 1.83 bits per heavy atom. The molecule has 1 heterocycles. The molecule has 104 valence electrons. The third-order valence-corrected chi connectivity index (χ3v) is 6.37. The number of nitrogens with zero attached hydrogens (tertiary/aromatic N) is 2. The highest BCUT2D eigenvalue weighted by Crippen LogP contribution is 2.30. The van der Waals surface area contributed by atoms with Gasteiger partial charge in [0.15, 0.2) is 5.84 Å². The van der Waals surface area contributed by atoms with Gasteiger partial charge in [0.2, 0.25) is 10.0 Å². The summed E-state index contributed by atoms with van der Waals surface area (Å²) in [6, 6.07) is -0.457. The molecule has 1 unspecified atom stereocenters. The lowest BCUT2D eigenvalue weighted by Crippen LogP contribution is -2.47. The lowest BCUT2D eigenvalue weighted by Gasteiger charge is -2.30. The Morgan fingerprint density at radius 1 is 1.17 bits per heavy atom. The Hall–Kier alpha value is -0.820. The molecule has 3 N–H and O–H groups in total. The highest BCUT2D eigenvalue weighted by molar-refractivity contribution is 7.89. The van der Waals surface area contributed by atoms with E-state index in [1.165, 1.54) is 4.31 Å². The molecule has 2 rings (SSSR count). The summed E-state index contributed by atoms with van der Waals surface area (Å²) in [5.41, 5.74) is 5.59. The number of hydrogen-bond donors (Lipinski definition) is 2. The third kappa shape index (κ3) is 2.47. The van der Waals surface area contributed by atoms with E-state index in [2.05, 4.69) is 5.16 Å². The van der Waals surface area contributed by atoms with E-state index in [0.717, 1.165) is 38.5 Å². The van der Waals surface area contributed by atoms with Crippen LogP contribution < -0.4 is 5.73 Å². The minimum atomic E-state index is -3.30. The van der Waals surface area contributed by atoms with Crippen molar-refractivity contribution in [2.75, 3.05) is 6.54 Å². The van der Waals surface area contributed by atoms with E-state index >= 15 is 0 Å². The highest BCUT2D eigenvalue weighted by atomic mass is 32.2. The summed E-state index contributed by atoms with van der Waals surface area (Å²) in [6.07, 6.45) is 5.96. The Labute approximate surface area is 108 Å². The molecule has 2 fully saturated rings. The summed E-state index contributed by atoms with van der Waals surface area (Å²) in [4.78, 5) is 0. The van der Waals surface area contributed by atoms with Crippen LogP contribution >= 0.6 is 0 Å². The van der Waals surface area contributed by atoms with Crippen molar-refractivity contribution in [1.82, 2.24) is 4.31 Å². The van der Waals surface area contributed by atoms with Gasteiger partial charge in [0.1, 0.15) is 0 Å². The molecule has 1 saturated heterocycles. The predicted molar refractivity (Wildman–Crippen MR) is 68.9 cm³/mol. The zero-order chi connectivity index (χ0) is 13.2. The van der Waals surface area contributed by atoms with Gasteiger partial charge in [-0.15, -0.1) is 0 Å². The van der Waals surface area contributed by atoms with Gasteiger partial charge in [-0.25, -0.2) is 8.42 Å². The van der Waals surface area contributed by atoms with E-state index in [0.29, 0.717) is 13.0 Å². The third-order valence-electron chi connectivity index (χ3n) is 3.96. The largest absolute Gasteiger partial charge is 0.409 e. The fraction of sp³-hybridized carbons (Fsp3) is 0.909. The molecule has 6 nitrogen and oxygen atoms in total. The molecule has 18 heavy (non-hydrogen) atoms. The second-order valence-corrected chi connectivity index (χ2v) is 7.26. The monoisotopic (exact) mass is 275 g/mol. The summed E-state index contributed by atoms with van der Waals surface area (Å²) in [5, 5.41) is 11.4. The second kappa shape index (κ2) is 5.44. The molecule has 2 aliphatic rings. The van der Waals surface area contributed by atoms with Crippen molar-refractivity contribution in [3.8, 4) is 0 Å². The van der Waals surface area contributed by atoms with Gasteiger partial charge in [-0.05, 0) is 25.7 Å². The first-order valence-corrected chi connectivity index (χ1v) is 8.05. The van der Waals surface area contributed by atoms with Crippen molar-refractivity contribution in [3.05, 3.63) is 0 Å². The van der Waals surface area contributed by atoms with Crippen molar-refractivity contribution in [2.24, 2.45) is 10.9 Å². The van der Waals surface area contributed by atoms with E-state index in [-0.39, 0.29) is 11.1 Å². The average Bonchev–Trinajstić information content (AvgIpc) is 2.89. The van der Waals surface area contributed by atoms with Gasteiger partial charge in [0.25, 0.3) is 0 Å². The Bertz CT molecular complexity index is 415. The Morgan fingerprint density at radius 3 is 2.44 bits per heavy atom. The van der Waals surface area contributed by atoms with Crippen LogP contribution in [0.5, 0.6) is 0 Å². The van der Waals surface area contributed by atoms with Crippen molar-refractivity contribution in [2.45, 2.75) is 56.2 Å². The van der Waals surface area contributed by atoms with Crippen molar-refractivity contribution >= 4 is 15.9 Å². The summed E-state index contributed by atoms with van der Waals surface area (Å²) < 4.78 is 26.5. The fourth-order valence-electron chi connectivity index (χ4n) is 2.96. The first kappa shape index (κ1) is 13.6. The SMILES string of the molecule is NC(=NO)C1CCCN1S(=O)(=O)C1CCCCC1. The number of nitrogens with two attached hydrogens (primary N) is 1. The van der Waals surface area contributed by atoms with Gasteiger partial charge in [-0.1, -0.05) is 24.4 Å². The molecule has 0 aromatic heterocycles. The van der Waals surface area contributed by atoms with Crippen LogP contribution in [0.15, 0.2) is 5.16 Å². The minimum Gasteiger partial charge on any atom is -0.409 e. The molecule has 0 aromatic rings. The quantitative estimate of drug-likeness (QED) is 0.345. The lowest BCUT2D eigenvalue weighted by atomic mass is 10.0. The maximum Gasteiger partial charge on any atom is 0.217 e. The number of rotatable bonds is 3. The molecule has 0 spiro atoms. The maximum absolute atomic E-state index is 12.6. The lowest BCUT2D eigenvalue weighted by molar-refractivity contribution is 0.311. The molecule has 1 aliphatic heterocycles. The fourth-order valence-corrected chi connectivity index (χ4v) is 5.23. The first-order chi connectivity index (χ1) is 8.57. The molecule has 0 radical (unpaired) electrons. The Balaban J connectivity index is 2.18. The topological polar surface area (TPSA) is 96.0 Å². The summed E-state index contributed by atoms with van der Waals surface area (Å²) in [6.45, 7) is 0.486. The molecule has 1 atom stereocenters. The molecular formula is C11H21N3O3S. The molecule has 7 heteroatoms. The standard InChI is InChI=1S/C11H21N3O3S/c12-11(13-15)10-7-4-8-14(10)18(16,17)9-5-2-1-3-6-9/h9-10,15H,1-8H2,(H2,12,13). The molecule has 0 bridgehead atoms. The zero-order valence-electron chi connectivity index (χ0n) is 10.5. The number of hydrogen-bond acceptors (Lipinski definition) is 4. The first-order valence-electron chi connectivity index (χ1n) is 6.55. The van der Waals surface area contributed by atoms with E-state index in [1.54, 1.807) is 0 Å². The van der Waals surface area contributed by atoms with Crippen molar-refractivity contribution in [1.29, 1.82) is 0 Å². The van der Waals surface area contributed by atoms with Crippen LogP contribution in [-0.2, 0) is 10.0 Å². The van der Waals surface area contributed by atoms with E-state index in [9.17, 15) is 8.42 Å². The second-order valence-electron chi connectivity index (χ2n) is 5.10. The summed E-state index contributed by atoms with van der Waals surface area (Å²) in [7, 11) is -3.30. The maximum atomic E-state index is 12.6. The smallest absolute Gasteiger partial charge is 0.217 e. The average molecular weight is 275 g/mol. The molecule has 1 saturated carbocycles. The van der Waals surface area contributed by atoms with Gasteiger partial charge in [0, 0.05) is 6.54 Å². The zero-order valence-corrected chi connectivity index (χ0v) is 11.3. The number of amidine groups is 1. The van der Waals surface area contributed by atoms with E-state index in [1.807, 2.05) is 0 Å². The Kier molecular flexibility index (Phi) is 4.11. The number of sulfonamides is 1. The van der Waals surface area contributed by atoms with Crippen LogP contribution in [0.1, 0.15) is 44.9 Å². The van der Waals surface area contributed by atoms with Crippen molar-refractivity contribution < 1.29 is 13.6 Å². The normalized spacial score (nSPS) is 28.7. The summed E-state index contributed by atoms with van der Waals surface area (Å²) >= 11 is 0. The van der Waals surface area contributed by atoms with Crippen molar-refractivity contribution in [3.63, 3.8) is 0 Å². The molecule has 0 aromatic carbocycles. The van der Waals surface area contributed by atoms with Gasteiger partial charge in [-0.3, -0.25) is 0 Å². The predicted octanol–water partition coefficient (Wildman–Crippen LogP) is 0.860. The van der Waals surface area contributed by atoms with Crippen LogP contribution in [0.3, 0.4) is 0 Å². The van der Waals surface area contributed by atoms with Crippen LogP contribution in [0, 0.1) is 0 Å². The number of oxime groups is 1. The van der Waals surface area contributed by atoms with Crippen LogP contribution in [0.4, 0.5) is 0 Å². The summed E-state index contributed by atoms with van der Waals surface area (Å²) in [5.74, 6) is 0.00637. The van der Waals surface area contributed by atoms with Crippen LogP contribution in [0.25, 0.3) is 0 Å². The van der Waals surface area contributed by atoms with E-state index in [4.69, 9.17) is 10.9 Å².